The summed E-state index contributed by atoms with van der Waals surface area (Å²) in [7, 11) is -0.790. The van der Waals surface area contributed by atoms with E-state index >= 15 is 0 Å². The molecule has 1 aliphatic carbocycles. The molecule has 0 amide bonds. The van der Waals surface area contributed by atoms with Crippen molar-refractivity contribution < 1.29 is 0 Å². The molecule has 1 aromatic heterocycles. The lowest BCUT2D eigenvalue weighted by Crippen LogP contribution is -2.46. The molecule has 236 valence electrons. The molecule has 0 spiro atoms. The molecule has 4 heteroatoms. The Morgan fingerprint density at radius 1 is 0.660 bits per heavy atom. The summed E-state index contributed by atoms with van der Waals surface area (Å²) in [6.07, 6.45) is 15.2. The first-order valence-corrected chi connectivity index (χ1v) is 19.0. The molecular weight excluding hydrogens is 583 g/mol. The summed E-state index contributed by atoms with van der Waals surface area (Å²) >= 11 is 0. The third-order valence-corrected chi connectivity index (χ3v) is 12.2. The Morgan fingerprint density at radius 3 is 1.66 bits per heavy atom. The first-order chi connectivity index (χ1) is 23.3. The van der Waals surface area contributed by atoms with Crippen LogP contribution in [0.1, 0.15) is 62.1 Å². The van der Waals surface area contributed by atoms with Gasteiger partial charge < -0.3 is 4.57 Å². The van der Waals surface area contributed by atoms with Crippen molar-refractivity contribution in [3.8, 4) is 0 Å². The average molecular weight is 631 g/mol. The summed E-state index contributed by atoms with van der Waals surface area (Å²) in [5.74, 6) is 0.866. The highest BCUT2D eigenvalue weighted by atomic mass is 28.2. The van der Waals surface area contributed by atoms with Crippen molar-refractivity contribution in [2.45, 2.75) is 62.8 Å². The van der Waals surface area contributed by atoms with Gasteiger partial charge in [0.25, 0.3) is 0 Å². The predicted octanol–water partition coefficient (Wildman–Crippen LogP) is 7.71. The minimum Gasteiger partial charge on any atom is -0.326 e. The zero-order valence-corrected chi connectivity index (χ0v) is 29.2. The topological polar surface area (TPSA) is 17.8 Å². The van der Waals surface area contributed by atoms with Crippen molar-refractivity contribution in [2.75, 3.05) is 0 Å². The molecule has 1 fully saturated rings. The van der Waals surface area contributed by atoms with Gasteiger partial charge in [0.15, 0.2) is 0 Å². The fourth-order valence-corrected chi connectivity index (χ4v) is 9.35. The van der Waals surface area contributed by atoms with Crippen LogP contribution < -0.4 is 16.1 Å². The lowest BCUT2D eigenvalue weighted by molar-refractivity contribution is 0.596. The van der Waals surface area contributed by atoms with Crippen LogP contribution in [0.15, 0.2) is 164 Å². The van der Waals surface area contributed by atoms with E-state index in [4.69, 9.17) is 0 Å². The van der Waals surface area contributed by atoms with Crippen molar-refractivity contribution in [2.24, 2.45) is 0 Å². The number of aromatic nitrogens is 2. The number of hydrogen-bond donors (Lipinski definition) is 0. The summed E-state index contributed by atoms with van der Waals surface area (Å²) in [6.45, 7) is 2.88. The number of rotatable bonds is 13. The normalized spacial score (nSPS) is 12.9. The monoisotopic (exact) mass is 630 g/mol. The Hall–Kier alpha value is -4.41. The third kappa shape index (κ3) is 8.31. The molecule has 7 rings (SSSR count). The molecule has 2 nitrogen and oxygen atoms in total. The van der Waals surface area contributed by atoms with Gasteiger partial charge >= 0.3 is 0 Å². The molecule has 47 heavy (non-hydrogen) atoms. The predicted molar refractivity (Wildman–Crippen MR) is 205 cm³/mol. The van der Waals surface area contributed by atoms with E-state index in [-0.39, 0.29) is 5.16 Å². The van der Waals surface area contributed by atoms with Gasteiger partial charge in [-0.2, -0.15) is 0 Å². The molecule has 1 heterocycles. The smallest absolute Gasteiger partial charge is 0.212 e. The highest BCUT2D eigenvalue weighted by Gasteiger charge is 2.37. The van der Waals surface area contributed by atoms with Crippen molar-refractivity contribution in [3.05, 3.63) is 181 Å². The molecule has 5 aromatic carbocycles. The zero-order chi connectivity index (χ0) is 32.2. The first kappa shape index (κ1) is 32.5. The van der Waals surface area contributed by atoms with Gasteiger partial charge in [-0.25, -0.2) is 4.98 Å². The second-order valence-corrected chi connectivity index (χ2v) is 15.2. The fraction of sp³-hybridized carbons (Fsp3) is 0.233. The largest absolute Gasteiger partial charge is 0.326 e. The number of hydrogen-bond acceptors (Lipinski definition) is 1. The maximum absolute atomic E-state index is 4.43. The number of aryl methyl sites for hydroxylation is 1. The van der Waals surface area contributed by atoms with E-state index in [1.807, 2.05) is 12.5 Å². The number of nitrogens with zero attached hydrogens (tertiary/aromatic N) is 2. The Morgan fingerprint density at radius 2 is 1.19 bits per heavy atom. The second-order valence-electron chi connectivity index (χ2n) is 13.0. The summed E-state index contributed by atoms with van der Waals surface area (Å²) in [5, 5.41) is 1.26. The van der Waals surface area contributed by atoms with E-state index in [1.54, 1.807) is 0 Å². The van der Waals surface area contributed by atoms with E-state index < -0.39 is 9.52 Å². The van der Waals surface area contributed by atoms with Crippen LogP contribution in [0.25, 0.3) is 0 Å². The molecular formula is C43H47BN2Si. The average Bonchev–Trinajstić information content (AvgIpc) is 3.82. The van der Waals surface area contributed by atoms with Crippen LogP contribution in [0.3, 0.4) is 0 Å². The van der Waals surface area contributed by atoms with Crippen LogP contribution in [-0.4, -0.2) is 25.8 Å². The number of unbranched alkanes of at least 4 members (excludes halogenated alkanes) is 3. The molecule has 1 aliphatic rings. The Labute approximate surface area is 284 Å². The van der Waals surface area contributed by atoms with Crippen LogP contribution in [0.2, 0.25) is 5.82 Å². The van der Waals surface area contributed by atoms with Gasteiger partial charge in [0.05, 0.1) is 21.0 Å². The van der Waals surface area contributed by atoms with Gasteiger partial charge in [0, 0.05) is 12.4 Å². The van der Waals surface area contributed by atoms with Crippen LogP contribution in [-0.2, 0) is 11.6 Å². The van der Waals surface area contributed by atoms with Crippen molar-refractivity contribution in [3.63, 3.8) is 0 Å². The van der Waals surface area contributed by atoms with E-state index in [2.05, 4.69) is 168 Å². The minimum atomic E-state index is -0.790. The number of benzene rings is 5. The summed E-state index contributed by atoms with van der Waals surface area (Å²) < 4.78 is 2.32. The fourth-order valence-electron chi connectivity index (χ4n) is 7.04. The van der Waals surface area contributed by atoms with Gasteiger partial charge in [-0.15, -0.1) is 0 Å². The molecule has 0 saturated heterocycles. The lowest BCUT2D eigenvalue weighted by Gasteiger charge is -2.37. The molecule has 0 N–H and O–H groups in total. The minimum absolute atomic E-state index is 0.207. The van der Waals surface area contributed by atoms with Crippen LogP contribution in [0.4, 0.5) is 0 Å². The van der Waals surface area contributed by atoms with Crippen molar-refractivity contribution in [1.82, 2.24) is 9.55 Å². The summed E-state index contributed by atoms with van der Waals surface area (Å²) in [4.78, 5) is 4.43. The molecule has 0 radical (unpaired) electrons. The van der Waals surface area contributed by atoms with E-state index in [9.17, 15) is 0 Å². The van der Waals surface area contributed by atoms with Crippen LogP contribution >= 0.6 is 0 Å². The van der Waals surface area contributed by atoms with Gasteiger partial charge in [-0.3, -0.25) is 0 Å². The van der Waals surface area contributed by atoms with Gasteiger partial charge in [0.2, 0.25) is 6.71 Å². The van der Waals surface area contributed by atoms with E-state index in [1.165, 1.54) is 77.7 Å². The van der Waals surface area contributed by atoms with Crippen LogP contribution in [0, 0.1) is 0 Å². The zero-order valence-electron chi connectivity index (χ0n) is 27.8. The first-order valence-electron chi connectivity index (χ1n) is 17.5. The third-order valence-electron chi connectivity index (χ3n) is 9.66. The maximum atomic E-state index is 4.43. The molecule has 0 aliphatic heterocycles. The molecule has 0 bridgehead atoms. The van der Waals surface area contributed by atoms with Gasteiger partial charge in [-0.05, 0) is 29.5 Å². The quantitative estimate of drug-likeness (QED) is 0.0945. The van der Waals surface area contributed by atoms with E-state index in [0.29, 0.717) is 6.71 Å². The second kappa shape index (κ2) is 16.4. The molecule has 1 saturated carbocycles. The Balaban J connectivity index is 0.000000201. The highest BCUT2D eigenvalue weighted by Crippen LogP contribution is 2.38. The number of imidazole rings is 1. The standard InChI is InChI=1S/C28H32N2Si.C15H15B/c1-2-3-4-7-12-24-17-19-27(20-18-24)31-28(30-22-21-29-23-30,25-13-8-5-9-14-25)26-15-10-6-11-16-26;1-3-7-13(8-4-1)16(15-11-12-15)14-9-5-2-6-10-14/h5-6,8-11,13-23H,2-4,7,12,31H2,1H3;1-10,15H,11-12H2. The summed E-state index contributed by atoms with van der Waals surface area (Å²) in [6, 6.07) is 53.1. The highest BCUT2D eigenvalue weighted by molar-refractivity contribution is 6.86. The molecule has 6 aromatic rings. The maximum Gasteiger partial charge on any atom is 0.212 e. The van der Waals surface area contributed by atoms with Crippen LogP contribution in [0.5, 0.6) is 0 Å². The van der Waals surface area contributed by atoms with E-state index in [0.717, 1.165) is 5.82 Å². The van der Waals surface area contributed by atoms with Gasteiger partial charge in [0.1, 0.15) is 0 Å². The Bertz CT molecular complexity index is 1640. The lowest BCUT2D eigenvalue weighted by atomic mass is 9.37. The molecule has 0 unspecified atom stereocenters. The van der Waals surface area contributed by atoms with Gasteiger partial charge in [-0.1, -0.05) is 207 Å². The SMILES string of the molecule is CCCCCCc1ccc([SiH2]C(c2ccccc2)(c2ccccc2)n2ccnc2)cc1.c1ccc(B(c2ccccc2)C2CC2)cc1. The van der Waals surface area contributed by atoms with Crippen molar-refractivity contribution >= 4 is 32.3 Å². The van der Waals surface area contributed by atoms with Crippen molar-refractivity contribution in [1.29, 1.82) is 0 Å². The molecule has 0 atom stereocenters. The summed E-state index contributed by atoms with van der Waals surface area (Å²) in [5.41, 5.74) is 7.05. The Kier molecular flexibility index (Phi) is 11.4.